The first kappa shape index (κ1) is 13.1. The molecule has 18 heavy (non-hydrogen) atoms. The van der Waals surface area contributed by atoms with Crippen molar-refractivity contribution in [3.63, 3.8) is 0 Å². The van der Waals surface area contributed by atoms with Gasteiger partial charge in [-0.3, -0.25) is 9.00 Å². The lowest BCUT2D eigenvalue weighted by atomic mass is 10.1. The van der Waals surface area contributed by atoms with Crippen LogP contribution in [0.2, 0.25) is 0 Å². The second-order valence-electron chi connectivity index (χ2n) is 4.72. The van der Waals surface area contributed by atoms with E-state index in [1.807, 2.05) is 24.3 Å². The highest BCUT2D eigenvalue weighted by Crippen LogP contribution is 2.11. The Bertz CT molecular complexity index is 517. The zero-order valence-electron chi connectivity index (χ0n) is 10.7. The molecule has 1 aliphatic rings. The van der Waals surface area contributed by atoms with Crippen LogP contribution in [0.25, 0.3) is 0 Å². The second-order valence-corrected chi connectivity index (χ2v) is 7.47. The number of amides is 1. The quantitative estimate of drug-likeness (QED) is 0.758. The number of rotatable bonds is 2. The molecule has 1 aromatic rings. The van der Waals surface area contributed by atoms with E-state index < -0.39 is 9.52 Å². The minimum absolute atomic E-state index is 0.0348. The largest absolute Gasteiger partial charge is 0.337 e. The molecular formula is C14H19NO2S. The van der Waals surface area contributed by atoms with E-state index in [1.165, 1.54) is 5.56 Å². The van der Waals surface area contributed by atoms with Crippen molar-refractivity contribution >= 4 is 21.3 Å². The van der Waals surface area contributed by atoms with Gasteiger partial charge in [0.25, 0.3) is 5.91 Å². The summed E-state index contributed by atoms with van der Waals surface area (Å²) in [5.41, 5.74) is 1.94. The monoisotopic (exact) mass is 265 g/mol. The van der Waals surface area contributed by atoms with Crippen LogP contribution in [-0.4, -0.2) is 45.5 Å². The van der Waals surface area contributed by atoms with E-state index in [4.69, 9.17) is 0 Å². The summed E-state index contributed by atoms with van der Waals surface area (Å²) in [6.07, 6.45) is 0.974. The maximum atomic E-state index is 12.2. The summed E-state index contributed by atoms with van der Waals surface area (Å²) in [7, 11) is -1.94. The molecule has 0 bridgehead atoms. The van der Waals surface area contributed by atoms with Crippen LogP contribution in [-0.2, 0) is 15.9 Å². The Hall–Kier alpha value is -1.29. The molecule has 0 radical (unpaired) electrons. The molecule has 0 unspecified atom stereocenters. The smallest absolute Gasteiger partial charge is 0.253 e. The van der Waals surface area contributed by atoms with E-state index in [1.54, 1.807) is 4.90 Å². The summed E-state index contributed by atoms with van der Waals surface area (Å²) in [5, 5.41) is 0. The molecule has 98 valence electrons. The van der Waals surface area contributed by atoms with Gasteiger partial charge < -0.3 is 4.90 Å². The summed E-state index contributed by atoms with van der Waals surface area (Å²) in [4.78, 5) is 14.0. The molecule has 1 saturated heterocycles. The highest BCUT2D eigenvalue weighted by Gasteiger charge is 2.22. The van der Waals surface area contributed by atoms with E-state index in [0.29, 0.717) is 30.2 Å². The van der Waals surface area contributed by atoms with Crippen molar-refractivity contribution in [3.05, 3.63) is 35.4 Å². The number of hydrogen-bond donors (Lipinski definition) is 0. The van der Waals surface area contributed by atoms with Gasteiger partial charge >= 0.3 is 0 Å². The van der Waals surface area contributed by atoms with Gasteiger partial charge in [0.1, 0.15) is 0 Å². The molecule has 0 saturated carbocycles. The third kappa shape index (κ3) is 2.93. The first-order chi connectivity index (χ1) is 8.52. The van der Waals surface area contributed by atoms with E-state index >= 15 is 0 Å². The minimum atomic E-state index is -1.94. The number of carbonyl (C=O) groups is 1. The molecule has 1 aromatic carbocycles. The third-order valence-corrected chi connectivity index (χ3v) is 5.22. The molecular weight excluding hydrogens is 246 g/mol. The van der Waals surface area contributed by atoms with Gasteiger partial charge in [0, 0.05) is 30.2 Å². The fraction of sp³-hybridized carbons (Fsp3) is 0.429. The second kappa shape index (κ2) is 5.14. The van der Waals surface area contributed by atoms with Crippen molar-refractivity contribution in [2.75, 3.05) is 24.6 Å². The highest BCUT2D eigenvalue weighted by molar-refractivity contribution is 8.00. The maximum absolute atomic E-state index is 12.2. The van der Waals surface area contributed by atoms with E-state index in [-0.39, 0.29) is 5.91 Å². The average molecular weight is 265 g/mol. The van der Waals surface area contributed by atoms with Crippen molar-refractivity contribution in [1.29, 1.82) is 0 Å². The average Bonchev–Trinajstić information content (AvgIpc) is 2.38. The predicted octanol–water partition coefficient (Wildman–Crippen LogP) is 1.42. The summed E-state index contributed by atoms with van der Waals surface area (Å²) in [6.45, 7) is 3.19. The van der Waals surface area contributed by atoms with Crippen LogP contribution >= 0.6 is 0 Å². The number of carbonyl (C=O) groups excluding carboxylic acids is 1. The van der Waals surface area contributed by atoms with Crippen molar-refractivity contribution in [2.45, 2.75) is 13.3 Å². The Morgan fingerprint density at radius 2 is 1.83 bits per heavy atom. The van der Waals surface area contributed by atoms with Gasteiger partial charge in [-0.25, -0.2) is 0 Å². The Labute approximate surface area is 109 Å². The fourth-order valence-electron chi connectivity index (χ4n) is 2.04. The van der Waals surface area contributed by atoms with Crippen molar-refractivity contribution in [3.8, 4) is 0 Å². The van der Waals surface area contributed by atoms with Crippen LogP contribution in [0.4, 0.5) is 0 Å². The lowest BCUT2D eigenvalue weighted by Gasteiger charge is -2.29. The Balaban J connectivity index is 2.07. The number of aryl methyl sites for hydroxylation is 1. The molecule has 0 N–H and O–H groups in total. The molecule has 1 amide bonds. The van der Waals surface area contributed by atoms with Gasteiger partial charge in [-0.15, -0.1) is 0 Å². The minimum Gasteiger partial charge on any atom is -0.337 e. The maximum Gasteiger partial charge on any atom is 0.253 e. The third-order valence-electron chi connectivity index (χ3n) is 3.36. The van der Waals surface area contributed by atoms with Crippen LogP contribution in [0.3, 0.4) is 0 Å². The zero-order valence-corrected chi connectivity index (χ0v) is 11.5. The lowest BCUT2D eigenvalue weighted by molar-refractivity contribution is 0.0771. The van der Waals surface area contributed by atoms with Crippen LogP contribution in [0.1, 0.15) is 22.8 Å². The van der Waals surface area contributed by atoms with Crippen molar-refractivity contribution < 1.29 is 9.00 Å². The topological polar surface area (TPSA) is 37.4 Å². The molecule has 2 rings (SSSR count). The first-order valence-electron chi connectivity index (χ1n) is 6.22. The van der Waals surface area contributed by atoms with Gasteiger partial charge in [-0.1, -0.05) is 19.1 Å². The lowest BCUT2D eigenvalue weighted by Crippen LogP contribution is -2.43. The van der Waals surface area contributed by atoms with Gasteiger partial charge in [-0.05, 0) is 39.5 Å². The summed E-state index contributed by atoms with van der Waals surface area (Å²) < 4.78 is 11.7. The van der Waals surface area contributed by atoms with Crippen LogP contribution in [0, 0.1) is 0 Å². The van der Waals surface area contributed by atoms with Crippen LogP contribution in [0.5, 0.6) is 0 Å². The number of benzene rings is 1. The summed E-state index contributed by atoms with van der Waals surface area (Å²) in [5.74, 6) is 4.78. The molecule has 1 heterocycles. The van der Waals surface area contributed by atoms with Crippen LogP contribution < -0.4 is 0 Å². The molecule has 0 aliphatic carbocycles. The van der Waals surface area contributed by atoms with Gasteiger partial charge in [0.05, 0.1) is 0 Å². The van der Waals surface area contributed by atoms with E-state index in [0.717, 1.165) is 6.42 Å². The van der Waals surface area contributed by atoms with Gasteiger partial charge in [0.15, 0.2) is 0 Å². The van der Waals surface area contributed by atoms with Crippen molar-refractivity contribution in [2.24, 2.45) is 0 Å². The molecule has 4 heteroatoms. The fourth-order valence-corrected chi connectivity index (χ4v) is 3.35. The Kier molecular flexibility index (Phi) is 3.76. The molecule has 3 nitrogen and oxygen atoms in total. The molecule has 0 spiro atoms. The van der Waals surface area contributed by atoms with Crippen LogP contribution in [0.15, 0.2) is 24.3 Å². The normalized spacial score (nSPS) is 18.6. The highest BCUT2D eigenvalue weighted by atomic mass is 32.2. The Morgan fingerprint density at radius 1 is 1.28 bits per heavy atom. The zero-order chi connectivity index (χ0) is 13.2. The Morgan fingerprint density at radius 3 is 2.33 bits per heavy atom. The number of hydrogen-bond acceptors (Lipinski definition) is 2. The molecule has 1 fully saturated rings. The molecule has 1 aliphatic heterocycles. The summed E-state index contributed by atoms with van der Waals surface area (Å²) in [6, 6.07) is 7.72. The standard InChI is InChI=1S/C14H19NO2S/c1-3-12-4-6-13(7-5-12)14(16)15-8-10-18(2,17)11-9-15/h4-7H,2-3,8-11H2,1H3. The molecule has 0 atom stereocenters. The first-order valence-corrected chi connectivity index (χ1v) is 8.29. The summed E-state index contributed by atoms with van der Waals surface area (Å²) >= 11 is 0. The van der Waals surface area contributed by atoms with Crippen molar-refractivity contribution in [1.82, 2.24) is 4.90 Å². The SMILES string of the molecule is C=S1(=O)CCN(C(=O)c2ccc(CC)cc2)CC1. The predicted molar refractivity (Wildman–Crippen MR) is 76.7 cm³/mol. The van der Waals surface area contributed by atoms with Gasteiger partial charge in [0.2, 0.25) is 0 Å². The van der Waals surface area contributed by atoms with E-state index in [2.05, 4.69) is 12.8 Å². The number of nitrogens with zero attached hydrogens (tertiary/aromatic N) is 1. The van der Waals surface area contributed by atoms with E-state index in [9.17, 15) is 9.00 Å². The van der Waals surface area contributed by atoms with Gasteiger partial charge in [-0.2, -0.15) is 0 Å². The molecule has 0 aromatic heterocycles.